The van der Waals surface area contributed by atoms with E-state index in [-0.39, 0.29) is 6.10 Å². The highest BCUT2D eigenvalue weighted by Crippen LogP contribution is 2.62. The zero-order chi connectivity index (χ0) is 14.4. The summed E-state index contributed by atoms with van der Waals surface area (Å²) in [5, 5.41) is 18.0. The molecule has 0 amide bonds. The lowest BCUT2D eigenvalue weighted by Gasteiger charge is -2.43. The first-order valence-electron chi connectivity index (χ1n) is 7.81. The van der Waals surface area contributed by atoms with Crippen LogP contribution in [0.3, 0.4) is 0 Å². The second-order valence-corrected chi connectivity index (χ2v) is 7.64. The molecule has 20 heavy (non-hydrogen) atoms. The van der Waals surface area contributed by atoms with Gasteiger partial charge in [0, 0.05) is 25.0 Å². The zero-order valence-corrected chi connectivity index (χ0v) is 12.8. The maximum Gasteiger partial charge on any atom is 0.0860 e. The largest absolute Gasteiger partial charge is 0.390 e. The Morgan fingerprint density at radius 2 is 2.25 bits per heavy atom. The molecule has 1 aromatic heterocycles. The van der Waals surface area contributed by atoms with E-state index in [1.165, 1.54) is 19.3 Å². The van der Waals surface area contributed by atoms with Crippen LogP contribution in [0.1, 0.15) is 40.0 Å². The van der Waals surface area contributed by atoms with E-state index < -0.39 is 0 Å². The summed E-state index contributed by atoms with van der Waals surface area (Å²) in [5.74, 6) is 0.841. The predicted octanol–water partition coefficient (Wildman–Crippen LogP) is 2.05. The van der Waals surface area contributed by atoms with Crippen LogP contribution in [0.15, 0.2) is 18.5 Å². The van der Waals surface area contributed by atoms with E-state index in [9.17, 15) is 5.11 Å². The first kappa shape index (κ1) is 14.1. The van der Waals surface area contributed by atoms with Gasteiger partial charge in [-0.25, -0.2) is 0 Å². The maximum atomic E-state index is 10.2. The lowest BCUT2D eigenvalue weighted by Crippen LogP contribution is -2.52. The smallest absolute Gasteiger partial charge is 0.0860 e. The summed E-state index contributed by atoms with van der Waals surface area (Å²) in [6, 6.07) is 2.40. The van der Waals surface area contributed by atoms with Crippen LogP contribution in [-0.4, -0.2) is 33.6 Å². The Labute approximate surface area is 121 Å². The Morgan fingerprint density at radius 1 is 1.45 bits per heavy atom. The monoisotopic (exact) mass is 277 g/mol. The number of hydrogen-bond acceptors (Lipinski definition) is 3. The van der Waals surface area contributed by atoms with E-state index >= 15 is 0 Å². The third kappa shape index (κ3) is 2.29. The van der Waals surface area contributed by atoms with Crippen molar-refractivity contribution in [2.24, 2.45) is 16.7 Å². The molecule has 1 aromatic rings. The fraction of sp³-hybridized carbons (Fsp3) is 0.812. The van der Waals surface area contributed by atoms with E-state index in [4.69, 9.17) is 0 Å². The van der Waals surface area contributed by atoms with Crippen LogP contribution >= 0.6 is 0 Å². The van der Waals surface area contributed by atoms with Crippen LogP contribution in [0.4, 0.5) is 0 Å². The molecular formula is C16H27N3O. The minimum Gasteiger partial charge on any atom is -0.390 e. The Kier molecular flexibility index (Phi) is 3.41. The number of nitrogens with zero attached hydrogens (tertiary/aromatic N) is 2. The van der Waals surface area contributed by atoms with Gasteiger partial charge in [-0.15, -0.1) is 0 Å². The zero-order valence-electron chi connectivity index (χ0n) is 12.8. The first-order chi connectivity index (χ1) is 9.42. The molecule has 112 valence electrons. The molecule has 2 aliphatic carbocycles. The van der Waals surface area contributed by atoms with E-state index in [2.05, 4.69) is 31.2 Å². The Bertz CT molecular complexity index is 452. The van der Waals surface area contributed by atoms with Crippen molar-refractivity contribution in [2.45, 2.75) is 58.7 Å². The van der Waals surface area contributed by atoms with Crippen LogP contribution in [-0.2, 0) is 6.54 Å². The van der Waals surface area contributed by atoms with Gasteiger partial charge < -0.3 is 10.4 Å². The van der Waals surface area contributed by atoms with Crippen LogP contribution in [0.2, 0.25) is 0 Å². The molecule has 2 saturated carbocycles. The average Bonchev–Trinajstić information content (AvgIpc) is 3.02. The van der Waals surface area contributed by atoms with Gasteiger partial charge in [0.2, 0.25) is 0 Å². The predicted molar refractivity (Wildman–Crippen MR) is 79.3 cm³/mol. The van der Waals surface area contributed by atoms with Crippen molar-refractivity contribution in [1.29, 1.82) is 0 Å². The summed E-state index contributed by atoms with van der Waals surface area (Å²) >= 11 is 0. The number of aliphatic hydroxyl groups is 1. The lowest BCUT2D eigenvalue weighted by atomic mass is 9.68. The molecule has 4 unspecified atom stereocenters. The van der Waals surface area contributed by atoms with Crippen molar-refractivity contribution in [3.8, 4) is 0 Å². The highest BCUT2D eigenvalue weighted by molar-refractivity contribution is 5.12. The minimum atomic E-state index is -0.381. The third-order valence-corrected chi connectivity index (χ3v) is 5.78. The second kappa shape index (κ2) is 4.85. The van der Waals surface area contributed by atoms with E-state index in [0.29, 0.717) is 30.0 Å². The Morgan fingerprint density at radius 3 is 2.85 bits per heavy atom. The van der Waals surface area contributed by atoms with Crippen molar-refractivity contribution in [3.05, 3.63) is 18.5 Å². The van der Waals surface area contributed by atoms with Crippen LogP contribution in [0.25, 0.3) is 0 Å². The molecule has 0 radical (unpaired) electrons. The average molecular weight is 277 g/mol. The molecule has 2 bridgehead atoms. The number of aromatic nitrogens is 2. The molecule has 2 N–H and O–H groups in total. The minimum absolute atomic E-state index is 0.346. The Hall–Kier alpha value is -0.870. The normalized spacial score (nSPS) is 36.4. The quantitative estimate of drug-likeness (QED) is 0.866. The second-order valence-electron chi connectivity index (χ2n) is 7.64. The highest BCUT2D eigenvalue weighted by atomic mass is 16.3. The van der Waals surface area contributed by atoms with Gasteiger partial charge in [-0.1, -0.05) is 20.8 Å². The lowest BCUT2D eigenvalue weighted by molar-refractivity contribution is 0.0819. The van der Waals surface area contributed by atoms with E-state index in [1.807, 2.05) is 12.3 Å². The highest BCUT2D eigenvalue weighted by Gasteiger charge is 2.58. The van der Waals surface area contributed by atoms with Gasteiger partial charge in [0.05, 0.1) is 12.6 Å². The maximum absolute atomic E-state index is 10.2. The number of nitrogens with one attached hydrogen (secondary N) is 1. The molecule has 0 spiro atoms. The summed E-state index contributed by atoms with van der Waals surface area (Å²) in [7, 11) is 0. The Balaban J connectivity index is 1.58. The van der Waals surface area contributed by atoms with Crippen molar-refractivity contribution >= 4 is 0 Å². The summed E-state index contributed by atoms with van der Waals surface area (Å²) in [6.07, 6.45) is 7.30. The van der Waals surface area contributed by atoms with Crippen LogP contribution in [0.5, 0.6) is 0 Å². The summed E-state index contributed by atoms with van der Waals surface area (Å²) in [5.41, 5.74) is 0.762. The van der Waals surface area contributed by atoms with Gasteiger partial charge in [-0.3, -0.25) is 4.68 Å². The number of rotatable bonds is 5. The van der Waals surface area contributed by atoms with Gasteiger partial charge in [-0.2, -0.15) is 5.10 Å². The van der Waals surface area contributed by atoms with Crippen LogP contribution < -0.4 is 5.32 Å². The van der Waals surface area contributed by atoms with Gasteiger partial charge in [-0.05, 0) is 42.1 Å². The number of hydrogen-bond donors (Lipinski definition) is 2. The molecular weight excluding hydrogens is 250 g/mol. The molecule has 4 atom stereocenters. The number of fused-ring (bicyclic) bond motifs is 2. The topological polar surface area (TPSA) is 50.1 Å². The van der Waals surface area contributed by atoms with Gasteiger partial charge >= 0.3 is 0 Å². The molecule has 0 saturated heterocycles. The summed E-state index contributed by atoms with van der Waals surface area (Å²) in [4.78, 5) is 0. The standard InChI is InChI=1S/C16H27N3O/c1-15(2)12-5-6-16(3,9-12)14(15)17-10-13(20)11-19-8-4-7-18-19/h4,7-8,12-14,17,20H,5-6,9-11H2,1-3H3. The van der Waals surface area contributed by atoms with Crippen molar-refractivity contribution in [1.82, 2.24) is 15.1 Å². The van der Waals surface area contributed by atoms with E-state index in [1.54, 1.807) is 10.9 Å². The molecule has 3 rings (SSSR count). The van der Waals surface area contributed by atoms with Crippen molar-refractivity contribution < 1.29 is 5.11 Å². The van der Waals surface area contributed by atoms with Gasteiger partial charge in [0.15, 0.2) is 0 Å². The SMILES string of the molecule is CC12CCC(C1)C(C)(C)C2NCC(O)Cn1cccn1. The molecule has 2 aliphatic rings. The molecule has 4 heteroatoms. The molecule has 0 aromatic carbocycles. The van der Waals surface area contributed by atoms with Crippen LogP contribution in [0, 0.1) is 16.7 Å². The number of aliphatic hydroxyl groups excluding tert-OH is 1. The fourth-order valence-electron chi connectivity index (χ4n) is 4.75. The first-order valence-corrected chi connectivity index (χ1v) is 7.81. The van der Waals surface area contributed by atoms with E-state index in [0.717, 1.165) is 5.92 Å². The molecule has 1 heterocycles. The van der Waals surface area contributed by atoms with Crippen molar-refractivity contribution in [3.63, 3.8) is 0 Å². The summed E-state index contributed by atoms with van der Waals surface area (Å²) in [6.45, 7) is 8.40. The molecule has 2 fully saturated rings. The van der Waals surface area contributed by atoms with Crippen molar-refractivity contribution in [2.75, 3.05) is 6.54 Å². The van der Waals surface area contributed by atoms with Gasteiger partial charge in [0.1, 0.15) is 0 Å². The fourth-order valence-corrected chi connectivity index (χ4v) is 4.75. The third-order valence-electron chi connectivity index (χ3n) is 5.78. The van der Waals surface area contributed by atoms with Gasteiger partial charge in [0.25, 0.3) is 0 Å². The molecule has 4 nitrogen and oxygen atoms in total. The summed E-state index contributed by atoms with van der Waals surface area (Å²) < 4.78 is 1.79. The molecule has 0 aliphatic heterocycles.